The molecule has 0 spiro atoms. The number of aromatic nitrogens is 2. The normalized spacial score (nSPS) is 21.2. The minimum Gasteiger partial charge on any atom is -0.494 e. The van der Waals surface area contributed by atoms with E-state index in [1.165, 1.54) is 19.4 Å². The molecule has 1 aliphatic heterocycles. The molecule has 0 saturated carbocycles. The molecule has 1 unspecified atom stereocenters. The van der Waals surface area contributed by atoms with Gasteiger partial charge >= 0.3 is 0 Å². The highest BCUT2D eigenvalue weighted by molar-refractivity contribution is 5.28. The highest BCUT2D eigenvalue weighted by Gasteiger charge is 2.18. The van der Waals surface area contributed by atoms with Crippen molar-refractivity contribution in [3.63, 3.8) is 0 Å². The van der Waals surface area contributed by atoms with Crippen molar-refractivity contribution in [3.05, 3.63) is 12.4 Å². The maximum atomic E-state index is 5.03. The molecule has 17 heavy (non-hydrogen) atoms. The van der Waals surface area contributed by atoms with Crippen molar-refractivity contribution in [2.45, 2.75) is 25.8 Å². The average molecular weight is 236 g/mol. The zero-order valence-corrected chi connectivity index (χ0v) is 10.5. The molecule has 1 aromatic rings. The van der Waals surface area contributed by atoms with Gasteiger partial charge in [0.05, 0.1) is 19.5 Å². The summed E-state index contributed by atoms with van der Waals surface area (Å²) in [6.07, 6.45) is 5.80. The minimum absolute atomic E-state index is 0.456. The van der Waals surface area contributed by atoms with Crippen LogP contribution in [-0.2, 0) is 0 Å². The molecule has 0 aromatic carbocycles. The van der Waals surface area contributed by atoms with E-state index in [-0.39, 0.29) is 0 Å². The first-order valence-electron chi connectivity index (χ1n) is 6.16. The molecule has 1 aromatic heterocycles. The molecule has 5 heteroatoms. The summed E-state index contributed by atoms with van der Waals surface area (Å²) in [5, 5.41) is 3.38. The summed E-state index contributed by atoms with van der Waals surface area (Å²) in [5.41, 5.74) is 0. The fourth-order valence-corrected chi connectivity index (χ4v) is 2.14. The van der Waals surface area contributed by atoms with E-state index in [0.717, 1.165) is 13.1 Å². The van der Waals surface area contributed by atoms with E-state index < -0.39 is 0 Å². The van der Waals surface area contributed by atoms with Crippen LogP contribution in [0.15, 0.2) is 12.4 Å². The summed E-state index contributed by atoms with van der Waals surface area (Å²) in [6.45, 7) is 5.60. The van der Waals surface area contributed by atoms with Gasteiger partial charge in [-0.15, -0.1) is 0 Å². The Morgan fingerprint density at radius 2 is 2.24 bits per heavy atom. The Bertz CT molecular complexity index is 341. The Kier molecular flexibility index (Phi) is 4.14. The Morgan fingerprint density at radius 1 is 1.47 bits per heavy atom. The number of anilines is 1. The van der Waals surface area contributed by atoms with Gasteiger partial charge in [0.2, 0.25) is 5.95 Å². The summed E-state index contributed by atoms with van der Waals surface area (Å²) in [4.78, 5) is 10.9. The van der Waals surface area contributed by atoms with E-state index in [4.69, 9.17) is 4.74 Å². The van der Waals surface area contributed by atoms with Gasteiger partial charge in [-0.1, -0.05) is 6.92 Å². The van der Waals surface area contributed by atoms with Gasteiger partial charge in [0.25, 0.3) is 0 Å². The predicted octanol–water partition coefficient (Wildman–Crippen LogP) is 1.38. The monoisotopic (exact) mass is 236 g/mol. The van der Waals surface area contributed by atoms with Crippen LogP contribution in [0.3, 0.4) is 0 Å². The third kappa shape index (κ3) is 3.30. The van der Waals surface area contributed by atoms with Crippen LogP contribution < -0.4 is 10.1 Å². The minimum atomic E-state index is 0.456. The van der Waals surface area contributed by atoms with Gasteiger partial charge in [-0.3, -0.25) is 0 Å². The highest BCUT2D eigenvalue weighted by atomic mass is 16.5. The van der Waals surface area contributed by atoms with Gasteiger partial charge in [-0.05, 0) is 25.9 Å². The lowest BCUT2D eigenvalue weighted by atomic mass is 10.1. The van der Waals surface area contributed by atoms with E-state index in [9.17, 15) is 0 Å². The zero-order valence-electron chi connectivity index (χ0n) is 10.5. The van der Waals surface area contributed by atoms with Gasteiger partial charge < -0.3 is 15.0 Å². The molecule has 0 amide bonds. The van der Waals surface area contributed by atoms with Crippen LogP contribution in [0.2, 0.25) is 0 Å². The Hall–Kier alpha value is -1.36. The van der Waals surface area contributed by atoms with Crippen molar-refractivity contribution in [2.75, 3.05) is 32.1 Å². The van der Waals surface area contributed by atoms with Crippen LogP contribution in [0.1, 0.15) is 19.8 Å². The second kappa shape index (κ2) is 5.82. The smallest absolute Gasteiger partial charge is 0.223 e. The number of piperidine rings is 1. The standard InChI is InChI=1S/C12H20N4O/c1-3-16-6-4-5-10(9-16)15-12-13-7-11(17-2)8-14-12/h7-8,10H,3-6,9H2,1-2H3,(H,13,14,15). The number of rotatable bonds is 4. The van der Waals surface area contributed by atoms with Gasteiger partial charge in [-0.2, -0.15) is 0 Å². The maximum Gasteiger partial charge on any atom is 0.223 e. The van der Waals surface area contributed by atoms with Crippen molar-refractivity contribution >= 4 is 5.95 Å². The summed E-state index contributed by atoms with van der Waals surface area (Å²) in [7, 11) is 1.62. The summed E-state index contributed by atoms with van der Waals surface area (Å²) in [6, 6.07) is 0.456. The highest BCUT2D eigenvalue weighted by Crippen LogP contribution is 2.14. The third-order valence-corrected chi connectivity index (χ3v) is 3.15. The molecule has 2 rings (SSSR count). The van der Waals surface area contributed by atoms with Crippen LogP contribution in [0.25, 0.3) is 0 Å². The molecule has 2 heterocycles. The van der Waals surface area contributed by atoms with Crippen molar-refractivity contribution in [2.24, 2.45) is 0 Å². The summed E-state index contributed by atoms with van der Waals surface area (Å²) >= 11 is 0. The number of methoxy groups -OCH3 is 1. The molecule has 1 N–H and O–H groups in total. The molecular weight excluding hydrogens is 216 g/mol. The molecule has 0 aliphatic carbocycles. The first kappa shape index (κ1) is 12.1. The number of hydrogen-bond donors (Lipinski definition) is 1. The lowest BCUT2D eigenvalue weighted by Gasteiger charge is -2.32. The zero-order chi connectivity index (χ0) is 12.1. The van der Waals surface area contributed by atoms with E-state index in [2.05, 4.69) is 27.1 Å². The van der Waals surface area contributed by atoms with E-state index >= 15 is 0 Å². The van der Waals surface area contributed by atoms with Gasteiger partial charge in [0, 0.05) is 12.6 Å². The van der Waals surface area contributed by atoms with Crippen molar-refractivity contribution in [1.82, 2.24) is 14.9 Å². The largest absolute Gasteiger partial charge is 0.494 e. The van der Waals surface area contributed by atoms with Crippen LogP contribution in [-0.4, -0.2) is 47.7 Å². The fourth-order valence-electron chi connectivity index (χ4n) is 2.14. The fraction of sp³-hybridized carbons (Fsp3) is 0.667. The van der Waals surface area contributed by atoms with Crippen LogP contribution >= 0.6 is 0 Å². The second-order valence-corrected chi connectivity index (χ2v) is 4.32. The molecule has 0 radical (unpaired) electrons. The molecule has 5 nitrogen and oxygen atoms in total. The number of likely N-dealkylation sites (tertiary alicyclic amines) is 1. The Balaban J connectivity index is 1.90. The predicted molar refractivity (Wildman–Crippen MR) is 67.3 cm³/mol. The SMILES string of the molecule is CCN1CCCC(Nc2ncc(OC)cn2)C1. The lowest BCUT2D eigenvalue weighted by molar-refractivity contribution is 0.226. The molecular formula is C12H20N4O. The van der Waals surface area contributed by atoms with Gasteiger partial charge in [0.15, 0.2) is 5.75 Å². The van der Waals surface area contributed by atoms with E-state index in [1.54, 1.807) is 19.5 Å². The maximum absolute atomic E-state index is 5.03. The number of ether oxygens (including phenoxy) is 1. The topological polar surface area (TPSA) is 50.3 Å². The Morgan fingerprint density at radius 3 is 2.88 bits per heavy atom. The second-order valence-electron chi connectivity index (χ2n) is 4.32. The molecule has 1 saturated heterocycles. The quantitative estimate of drug-likeness (QED) is 0.856. The summed E-state index contributed by atoms with van der Waals surface area (Å²) in [5.74, 6) is 1.38. The molecule has 0 bridgehead atoms. The summed E-state index contributed by atoms with van der Waals surface area (Å²) < 4.78 is 5.03. The number of nitrogens with one attached hydrogen (secondary N) is 1. The molecule has 1 atom stereocenters. The van der Waals surface area contributed by atoms with Crippen molar-refractivity contribution in [1.29, 1.82) is 0 Å². The molecule has 94 valence electrons. The third-order valence-electron chi connectivity index (χ3n) is 3.15. The Labute approximate surface area is 102 Å². The number of nitrogens with zero attached hydrogens (tertiary/aromatic N) is 3. The first-order chi connectivity index (χ1) is 8.31. The van der Waals surface area contributed by atoms with Crippen LogP contribution in [0, 0.1) is 0 Å². The van der Waals surface area contributed by atoms with Crippen molar-refractivity contribution in [3.8, 4) is 5.75 Å². The van der Waals surface area contributed by atoms with E-state index in [1.807, 2.05) is 0 Å². The van der Waals surface area contributed by atoms with Crippen LogP contribution in [0.4, 0.5) is 5.95 Å². The van der Waals surface area contributed by atoms with Gasteiger partial charge in [-0.25, -0.2) is 9.97 Å². The molecule has 1 fully saturated rings. The number of likely N-dealkylation sites (N-methyl/N-ethyl adjacent to an activating group) is 1. The lowest BCUT2D eigenvalue weighted by Crippen LogP contribution is -2.42. The first-order valence-corrected chi connectivity index (χ1v) is 6.16. The van der Waals surface area contributed by atoms with Crippen molar-refractivity contribution < 1.29 is 4.74 Å². The molecule has 1 aliphatic rings. The van der Waals surface area contributed by atoms with Gasteiger partial charge in [0.1, 0.15) is 0 Å². The number of hydrogen-bond acceptors (Lipinski definition) is 5. The average Bonchev–Trinajstić information content (AvgIpc) is 2.40. The van der Waals surface area contributed by atoms with Crippen LogP contribution in [0.5, 0.6) is 5.75 Å². The van der Waals surface area contributed by atoms with E-state index in [0.29, 0.717) is 17.7 Å².